The number of aryl methyl sites for hydroxylation is 1. The standard InChI is InChI=1S/C15H19N3OS/c1-11-4-5-13-12(10-11)17-15(20-13)16-7-6-14(19)18-8-2-3-9-18/h4-5,10H,2-3,6-9H2,1H3,(H,16,17). The second-order valence-electron chi connectivity index (χ2n) is 5.25. The number of nitrogens with one attached hydrogen (secondary N) is 1. The zero-order chi connectivity index (χ0) is 13.9. The van der Waals surface area contributed by atoms with Crippen LogP contribution in [0.2, 0.25) is 0 Å². The average Bonchev–Trinajstić information content (AvgIpc) is 3.06. The van der Waals surface area contributed by atoms with Crippen LogP contribution in [0.25, 0.3) is 10.2 Å². The van der Waals surface area contributed by atoms with Crippen molar-refractivity contribution in [1.82, 2.24) is 9.88 Å². The summed E-state index contributed by atoms with van der Waals surface area (Å²) in [6.07, 6.45) is 2.85. The Bertz CT molecular complexity index is 617. The van der Waals surface area contributed by atoms with Gasteiger partial charge in [-0.2, -0.15) is 0 Å². The molecule has 1 aliphatic heterocycles. The molecule has 2 heterocycles. The first-order chi connectivity index (χ1) is 9.72. The van der Waals surface area contributed by atoms with E-state index in [4.69, 9.17) is 0 Å². The van der Waals surface area contributed by atoms with Crippen molar-refractivity contribution in [3.8, 4) is 0 Å². The first-order valence-corrected chi connectivity index (χ1v) is 7.93. The third kappa shape index (κ3) is 2.93. The molecule has 0 unspecified atom stereocenters. The summed E-state index contributed by atoms with van der Waals surface area (Å²) in [5.41, 5.74) is 2.25. The van der Waals surface area contributed by atoms with Crippen molar-refractivity contribution < 1.29 is 4.79 Å². The number of fused-ring (bicyclic) bond motifs is 1. The second-order valence-corrected chi connectivity index (χ2v) is 6.29. The predicted molar refractivity (Wildman–Crippen MR) is 83.3 cm³/mol. The van der Waals surface area contributed by atoms with Gasteiger partial charge in [-0.05, 0) is 37.5 Å². The van der Waals surface area contributed by atoms with E-state index < -0.39 is 0 Å². The molecule has 1 fully saturated rings. The molecule has 5 heteroatoms. The van der Waals surface area contributed by atoms with E-state index in [-0.39, 0.29) is 5.91 Å². The number of likely N-dealkylation sites (tertiary alicyclic amines) is 1. The van der Waals surface area contributed by atoms with Gasteiger partial charge in [0.25, 0.3) is 0 Å². The molecule has 0 aliphatic carbocycles. The van der Waals surface area contributed by atoms with Crippen molar-refractivity contribution in [2.75, 3.05) is 25.0 Å². The van der Waals surface area contributed by atoms with Crippen LogP contribution in [-0.2, 0) is 4.79 Å². The highest BCUT2D eigenvalue weighted by Gasteiger charge is 2.17. The molecule has 0 atom stereocenters. The minimum atomic E-state index is 0.256. The monoisotopic (exact) mass is 289 g/mol. The number of carbonyl (C=O) groups excluding carboxylic acids is 1. The molecule has 1 aliphatic rings. The Morgan fingerprint density at radius 1 is 1.40 bits per heavy atom. The number of aromatic nitrogens is 1. The van der Waals surface area contributed by atoms with Gasteiger partial charge in [-0.15, -0.1) is 0 Å². The van der Waals surface area contributed by atoms with Crippen molar-refractivity contribution in [3.63, 3.8) is 0 Å². The Morgan fingerprint density at radius 2 is 2.20 bits per heavy atom. The molecular formula is C15H19N3OS. The van der Waals surface area contributed by atoms with E-state index in [1.807, 2.05) is 4.90 Å². The summed E-state index contributed by atoms with van der Waals surface area (Å²) in [5.74, 6) is 0.256. The fourth-order valence-corrected chi connectivity index (χ4v) is 3.39. The Labute approximate surface area is 122 Å². The van der Waals surface area contributed by atoms with Gasteiger partial charge in [-0.25, -0.2) is 4.98 Å². The van der Waals surface area contributed by atoms with Crippen molar-refractivity contribution in [1.29, 1.82) is 0 Å². The van der Waals surface area contributed by atoms with Crippen LogP contribution in [0.5, 0.6) is 0 Å². The van der Waals surface area contributed by atoms with Crippen LogP contribution in [0.1, 0.15) is 24.8 Å². The van der Waals surface area contributed by atoms with Gasteiger partial charge in [0.05, 0.1) is 10.2 Å². The van der Waals surface area contributed by atoms with Gasteiger partial charge in [0, 0.05) is 26.1 Å². The topological polar surface area (TPSA) is 45.2 Å². The van der Waals surface area contributed by atoms with Crippen LogP contribution < -0.4 is 5.32 Å². The van der Waals surface area contributed by atoms with Gasteiger partial charge in [0.15, 0.2) is 5.13 Å². The molecule has 1 N–H and O–H groups in total. The van der Waals surface area contributed by atoms with Gasteiger partial charge < -0.3 is 10.2 Å². The highest BCUT2D eigenvalue weighted by molar-refractivity contribution is 7.22. The fourth-order valence-electron chi connectivity index (χ4n) is 2.51. The van der Waals surface area contributed by atoms with E-state index in [0.717, 1.165) is 36.6 Å². The number of nitrogens with zero attached hydrogens (tertiary/aromatic N) is 2. The molecule has 4 nitrogen and oxygen atoms in total. The fraction of sp³-hybridized carbons (Fsp3) is 0.467. The molecule has 0 radical (unpaired) electrons. The maximum Gasteiger partial charge on any atom is 0.224 e. The summed E-state index contributed by atoms with van der Waals surface area (Å²) >= 11 is 1.64. The van der Waals surface area contributed by atoms with E-state index in [2.05, 4.69) is 35.4 Å². The van der Waals surface area contributed by atoms with Crippen LogP contribution in [0, 0.1) is 6.92 Å². The molecule has 1 saturated heterocycles. The Morgan fingerprint density at radius 3 is 3.00 bits per heavy atom. The minimum absolute atomic E-state index is 0.256. The minimum Gasteiger partial charge on any atom is -0.361 e. The molecular weight excluding hydrogens is 270 g/mol. The number of benzene rings is 1. The molecule has 0 saturated carbocycles. The lowest BCUT2D eigenvalue weighted by Crippen LogP contribution is -2.29. The van der Waals surface area contributed by atoms with Gasteiger partial charge in [-0.3, -0.25) is 4.79 Å². The predicted octanol–water partition coefficient (Wildman–Crippen LogP) is 3.03. The molecule has 0 bridgehead atoms. The van der Waals surface area contributed by atoms with E-state index >= 15 is 0 Å². The quantitative estimate of drug-likeness (QED) is 0.941. The van der Waals surface area contributed by atoms with Crippen molar-refractivity contribution in [2.24, 2.45) is 0 Å². The molecule has 1 aromatic heterocycles. The first-order valence-electron chi connectivity index (χ1n) is 7.11. The zero-order valence-electron chi connectivity index (χ0n) is 11.7. The lowest BCUT2D eigenvalue weighted by molar-refractivity contribution is -0.129. The maximum absolute atomic E-state index is 11.9. The van der Waals surface area contributed by atoms with Crippen LogP contribution in [0.4, 0.5) is 5.13 Å². The van der Waals surface area contributed by atoms with Gasteiger partial charge in [0.1, 0.15) is 0 Å². The van der Waals surface area contributed by atoms with E-state index in [1.54, 1.807) is 11.3 Å². The highest BCUT2D eigenvalue weighted by Crippen LogP contribution is 2.26. The molecule has 20 heavy (non-hydrogen) atoms. The molecule has 1 aromatic carbocycles. The van der Waals surface area contributed by atoms with E-state index in [0.29, 0.717) is 13.0 Å². The van der Waals surface area contributed by atoms with Crippen molar-refractivity contribution >= 4 is 32.6 Å². The third-order valence-corrected chi connectivity index (χ3v) is 4.61. The Balaban J connectivity index is 1.55. The summed E-state index contributed by atoms with van der Waals surface area (Å²) < 4.78 is 1.18. The Kier molecular flexibility index (Phi) is 3.87. The number of hydrogen-bond acceptors (Lipinski definition) is 4. The van der Waals surface area contributed by atoms with Crippen molar-refractivity contribution in [2.45, 2.75) is 26.2 Å². The van der Waals surface area contributed by atoms with Crippen LogP contribution in [0.15, 0.2) is 18.2 Å². The summed E-state index contributed by atoms with van der Waals surface area (Å²) in [7, 11) is 0. The van der Waals surface area contributed by atoms with Gasteiger partial charge >= 0.3 is 0 Å². The van der Waals surface area contributed by atoms with Gasteiger partial charge in [0.2, 0.25) is 5.91 Å². The summed E-state index contributed by atoms with van der Waals surface area (Å²) in [5, 5.41) is 4.17. The lowest BCUT2D eigenvalue weighted by Gasteiger charge is -2.14. The molecule has 2 aromatic rings. The van der Waals surface area contributed by atoms with Crippen LogP contribution in [-0.4, -0.2) is 35.4 Å². The first kappa shape index (κ1) is 13.4. The van der Waals surface area contributed by atoms with E-state index in [9.17, 15) is 4.79 Å². The number of rotatable bonds is 4. The number of carbonyl (C=O) groups is 1. The number of thiazole rings is 1. The molecule has 106 valence electrons. The Hall–Kier alpha value is -1.62. The molecule has 0 spiro atoms. The molecule has 3 rings (SSSR count). The second kappa shape index (κ2) is 5.79. The third-order valence-electron chi connectivity index (χ3n) is 3.62. The number of amides is 1. The summed E-state index contributed by atoms with van der Waals surface area (Å²) in [6, 6.07) is 6.29. The number of hydrogen-bond donors (Lipinski definition) is 1. The zero-order valence-corrected chi connectivity index (χ0v) is 12.5. The smallest absolute Gasteiger partial charge is 0.224 e. The lowest BCUT2D eigenvalue weighted by atomic mass is 10.2. The average molecular weight is 289 g/mol. The van der Waals surface area contributed by atoms with Crippen LogP contribution in [0.3, 0.4) is 0 Å². The normalized spacial score (nSPS) is 14.9. The highest BCUT2D eigenvalue weighted by atomic mass is 32.1. The SMILES string of the molecule is Cc1ccc2sc(NCCC(=O)N3CCCC3)nc2c1. The van der Waals surface area contributed by atoms with Gasteiger partial charge in [-0.1, -0.05) is 17.4 Å². The van der Waals surface area contributed by atoms with Crippen LogP contribution >= 0.6 is 11.3 Å². The summed E-state index contributed by atoms with van der Waals surface area (Å²) in [4.78, 5) is 18.4. The summed E-state index contributed by atoms with van der Waals surface area (Å²) in [6.45, 7) is 4.59. The maximum atomic E-state index is 11.9. The van der Waals surface area contributed by atoms with Crippen molar-refractivity contribution in [3.05, 3.63) is 23.8 Å². The molecule has 1 amide bonds. The van der Waals surface area contributed by atoms with E-state index in [1.165, 1.54) is 10.3 Å². The number of anilines is 1. The largest absolute Gasteiger partial charge is 0.361 e.